The Morgan fingerprint density at radius 3 is 2.44 bits per heavy atom. The summed E-state index contributed by atoms with van der Waals surface area (Å²) in [7, 11) is -0.337. The highest BCUT2D eigenvalue weighted by Crippen LogP contribution is 2.23. The summed E-state index contributed by atoms with van der Waals surface area (Å²) in [6, 6.07) is 5.42. The number of sulfonamides is 1. The zero-order valence-electron chi connectivity index (χ0n) is 16.6. The molecule has 0 spiro atoms. The zero-order valence-corrected chi connectivity index (χ0v) is 18.2. The highest BCUT2D eigenvalue weighted by molar-refractivity contribution is 7.89. The van der Waals surface area contributed by atoms with Gasteiger partial charge in [-0.2, -0.15) is 0 Å². The first kappa shape index (κ1) is 20.5. The minimum atomic E-state index is -3.47. The highest BCUT2D eigenvalue weighted by Gasteiger charge is 2.22. The van der Waals surface area contributed by atoms with Crippen molar-refractivity contribution in [2.75, 3.05) is 27.2 Å². The molecule has 3 rings (SSSR count). The van der Waals surface area contributed by atoms with Gasteiger partial charge in [0, 0.05) is 20.6 Å². The Bertz CT molecular complexity index is 954. The summed E-state index contributed by atoms with van der Waals surface area (Å²) in [5.74, 6) is 0. The van der Waals surface area contributed by atoms with Gasteiger partial charge < -0.3 is 9.47 Å². The predicted molar refractivity (Wildman–Crippen MR) is 111 cm³/mol. The van der Waals surface area contributed by atoms with Crippen molar-refractivity contribution in [3.05, 3.63) is 23.0 Å². The number of fused-ring (bicyclic) bond motifs is 1. The largest absolute Gasteiger partial charge is 0.317 e. The van der Waals surface area contributed by atoms with E-state index in [4.69, 9.17) is 12.2 Å². The maximum Gasteiger partial charge on any atom is 0.242 e. The van der Waals surface area contributed by atoms with Gasteiger partial charge >= 0.3 is 0 Å². The molecule has 6 nitrogen and oxygen atoms in total. The predicted octanol–water partition coefficient (Wildman–Crippen LogP) is 2.25. The molecule has 0 unspecified atom stereocenters. The fourth-order valence-corrected chi connectivity index (χ4v) is 5.06. The quantitative estimate of drug-likeness (QED) is 0.711. The van der Waals surface area contributed by atoms with Gasteiger partial charge in [0.1, 0.15) is 0 Å². The summed E-state index contributed by atoms with van der Waals surface area (Å²) < 4.78 is 31.6. The van der Waals surface area contributed by atoms with E-state index in [0.717, 1.165) is 54.9 Å². The minimum Gasteiger partial charge on any atom is -0.317 e. The normalized spacial score (nSPS) is 16.4. The molecule has 2 heterocycles. The van der Waals surface area contributed by atoms with Crippen LogP contribution in [-0.4, -0.2) is 49.0 Å². The molecule has 2 aromatic rings. The molecule has 8 heteroatoms. The number of nitrogens with one attached hydrogen (secondary N) is 1. The zero-order chi connectivity index (χ0) is 19.6. The Labute approximate surface area is 167 Å². The molecule has 1 aliphatic heterocycles. The maximum atomic E-state index is 12.6. The van der Waals surface area contributed by atoms with Gasteiger partial charge in [-0.15, -0.1) is 0 Å². The van der Waals surface area contributed by atoms with Gasteiger partial charge in [-0.25, -0.2) is 12.7 Å². The molecule has 0 aliphatic carbocycles. The molecule has 0 amide bonds. The summed E-state index contributed by atoms with van der Waals surface area (Å²) in [5, 5.41) is 0. The molecule has 1 fully saturated rings. The van der Waals surface area contributed by atoms with Crippen molar-refractivity contribution < 1.29 is 13.3 Å². The Morgan fingerprint density at radius 1 is 1.11 bits per heavy atom. The summed E-state index contributed by atoms with van der Waals surface area (Å²) in [4.78, 5) is 1.85. The van der Waals surface area contributed by atoms with E-state index in [1.807, 2.05) is 6.07 Å². The number of imidazole rings is 1. The summed E-state index contributed by atoms with van der Waals surface area (Å²) >= 11 is 5.82. The molecule has 0 bridgehead atoms. The number of aryl methyl sites for hydroxylation is 1. The van der Waals surface area contributed by atoms with Crippen LogP contribution in [0.5, 0.6) is 0 Å². The van der Waals surface area contributed by atoms with E-state index in [1.54, 1.807) is 26.2 Å². The summed E-state index contributed by atoms with van der Waals surface area (Å²) in [6.07, 6.45) is 5.95. The number of nitrogens with zero attached hydrogens (tertiary/aromatic N) is 3. The third kappa shape index (κ3) is 4.13. The van der Waals surface area contributed by atoms with Crippen molar-refractivity contribution in [2.24, 2.45) is 0 Å². The van der Waals surface area contributed by atoms with Crippen molar-refractivity contribution >= 4 is 33.3 Å². The molecule has 150 valence electrons. The minimum absolute atomic E-state index is 0.324. The molecule has 1 saturated heterocycles. The molecule has 1 aromatic carbocycles. The summed E-state index contributed by atoms with van der Waals surface area (Å²) in [6.45, 7) is 6.15. The van der Waals surface area contributed by atoms with Crippen LogP contribution < -0.4 is 4.90 Å². The SMILES string of the molecule is CCCCn1c(=S)n(C[NH+]2CCCCC2)c2cc(S(=O)(=O)N(C)C)ccc21. The van der Waals surface area contributed by atoms with Gasteiger partial charge in [0.2, 0.25) is 10.0 Å². The third-order valence-corrected chi connectivity index (χ3v) is 7.70. The van der Waals surface area contributed by atoms with Crippen molar-refractivity contribution in [1.29, 1.82) is 0 Å². The molecule has 1 aromatic heterocycles. The molecule has 0 atom stereocenters. The standard InChI is InChI=1S/C19H30N4O2S2/c1-4-5-13-22-17-10-9-16(27(24,25)20(2)3)14-18(17)23(19(22)26)15-21-11-7-6-8-12-21/h9-10,14H,4-8,11-13,15H2,1-3H3/p+1. The van der Waals surface area contributed by atoms with E-state index < -0.39 is 10.0 Å². The van der Waals surface area contributed by atoms with Crippen molar-refractivity contribution in [3.63, 3.8) is 0 Å². The lowest BCUT2D eigenvalue weighted by molar-refractivity contribution is -0.927. The van der Waals surface area contributed by atoms with Crippen molar-refractivity contribution in [1.82, 2.24) is 13.4 Å². The van der Waals surface area contributed by atoms with Gasteiger partial charge in [-0.05, 0) is 56.1 Å². The van der Waals surface area contributed by atoms with Gasteiger partial charge in [-0.3, -0.25) is 4.57 Å². The number of unbranched alkanes of at least 4 members (excludes halogenated alkanes) is 1. The maximum absolute atomic E-state index is 12.6. The van der Waals surface area contributed by atoms with Crippen LogP contribution >= 0.6 is 12.2 Å². The van der Waals surface area contributed by atoms with Crippen LogP contribution in [-0.2, 0) is 23.2 Å². The van der Waals surface area contributed by atoms with E-state index >= 15 is 0 Å². The summed E-state index contributed by atoms with van der Waals surface area (Å²) in [5.41, 5.74) is 1.96. The van der Waals surface area contributed by atoms with Crippen LogP contribution in [0.3, 0.4) is 0 Å². The fourth-order valence-electron chi connectivity index (χ4n) is 3.79. The Hall–Kier alpha value is -1.22. The van der Waals surface area contributed by atoms with Crippen molar-refractivity contribution in [3.8, 4) is 0 Å². The second-order valence-corrected chi connectivity index (χ2v) is 10.1. The van der Waals surface area contributed by atoms with Crippen LogP contribution in [0.15, 0.2) is 23.1 Å². The second-order valence-electron chi connectivity index (χ2n) is 7.62. The number of quaternary nitrogens is 1. The van der Waals surface area contributed by atoms with Gasteiger partial charge in [0.05, 0.1) is 29.0 Å². The Kier molecular flexibility index (Phi) is 6.40. The first-order valence-electron chi connectivity index (χ1n) is 9.85. The van der Waals surface area contributed by atoms with Crippen LogP contribution in [0.4, 0.5) is 0 Å². The lowest BCUT2D eigenvalue weighted by Crippen LogP contribution is -3.12. The average molecular weight is 412 g/mol. The van der Waals surface area contributed by atoms with E-state index in [0.29, 0.717) is 4.90 Å². The number of benzene rings is 1. The number of rotatable bonds is 7. The number of hydrogen-bond donors (Lipinski definition) is 1. The highest BCUT2D eigenvalue weighted by atomic mass is 32.2. The molecular weight excluding hydrogens is 380 g/mol. The second kappa shape index (κ2) is 8.43. The van der Waals surface area contributed by atoms with Gasteiger partial charge in [0.25, 0.3) is 0 Å². The van der Waals surface area contributed by atoms with Gasteiger partial charge in [0.15, 0.2) is 11.4 Å². The molecule has 1 N–H and O–H groups in total. The van der Waals surface area contributed by atoms with Crippen LogP contribution in [0, 0.1) is 4.77 Å². The van der Waals surface area contributed by atoms with E-state index in [9.17, 15) is 8.42 Å². The van der Waals surface area contributed by atoms with Crippen molar-refractivity contribution in [2.45, 2.75) is 57.1 Å². The van der Waals surface area contributed by atoms with E-state index in [1.165, 1.54) is 28.5 Å². The molecule has 1 aliphatic rings. The smallest absolute Gasteiger partial charge is 0.242 e. The van der Waals surface area contributed by atoms with E-state index in [2.05, 4.69) is 16.1 Å². The fraction of sp³-hybridized carbons (Fsp3) is 0.632. The Balaban J connectivity index is 2.12. The lowest BCUT2D eigenvalue weighted by atomic mass is 10.1. The first-order chi connectivity index (χ1) is 12.9. The van der Waals surface area contributed by atoms with Gasteiger partial charge in [-0.1, -0.05) is 13.3 Å². The first-order valence-corrected chi connectivity index (χ1v) is 11.7. The van der Waals surface area contributed by atoms with E-state index in [-0.39, 0.29) is 0 Å². The molecule has 0 radical (unpaired) electrons. The topological polar surface area (TPSA) is 51.7 Å². The number of likely N-dealkylation sites (tertiary alicyclic amines) is 1. The third-order valence-electron chi connectivity index (χ3n) is 5.45. The number of hydrogen-bond acceptors (Lipinski definition) is 3. The monoisotopic (exact) mass is 411 g/mol. The molecule has 27 heavy (non-hydrogen) atoms. The van der Waals surface area contributed by atoms with Crippen LogP contribution in [0.25, 0.3) is 11.0 Å². The van der Waals surface area contributed by atoms with Crippen LogP contribution in [0.1, 0.15) is 39.0 Å². The molecular formula is C19H31N4O2S2+. The number of piperidine rings is 1. The van der Waals surface area contributed by atoms with Crippen LogP contribution in [0.2, 0.25) is 0 Å². The number of aromatic nitrogens is 2. The Morgan fingerprint density at radius 2 is 1.81 bits per heavy atom. The molecule has 0 saturated carbocycles. The average Bonchev–Trinajstić information content (AvgIpc) is 2.91. The lowest BCUT2D eigenvalue weighted by Gasteiger charge is -2.24.